The molecular weight excluding hydrogens is 448 g/mol. The van der Waals surface area contributed by atoms with E-state index in [1.807, 2.05) is 0 Å². The molecule has 0 radical (unpaired) electrons. The van der Waals surface area contributed by atoms with E-state index in [2.05, 4.69) is 5.32 Å². The maximum Gasteiger partial charge on any atom is 0.338 e. The van der Waals surface area contributed by atoms with Gasteiger partial charge in [-0.05, 0) is 97.1 Å². The van der Waals surface area contributed by atoms with Gasteiger partial charge in [0.1, 0.15) is 0 Å². The molecule has 0 spiro atoms. The van der Waals surface area contributed by atoms with Crippen LogP contribution < -0.4 is 5.32 Å². The van der Waals surface area contributed by atoms with Gasteiger partial charge in [-0.15, -0.1) is 0 Å². The number of benzene rings is 2. The van der Waals surface area contributed by atoms with Crippen molar-refractivity contribution in [1.29, 1.82) is 0 Å². The third-order valence-electron chi connectivity index (χ3n) is 7.78. The Balaban J connectivity index is 1.40. The van der Waals surface area contributed by atoms with Gasteiger partial charge in [-0.2, -0.15) is 0 Å². The standard InChI is InChI=1S/C26H26ClF2NO3/c1-33-25(32)19-9-23(29)22(28)8-18(19)17-2-3-21(27)20(7-17)24(31)30-13-26-10-14-4-15(11-26)6-16(5-14)12-26/h2-3,7-9,14-16H,4-6,10-13H2,1H3,(H,30,31). The fourth-order valence-corrected chi connectivity index (χ4v) is 7.00. The molecule has 0 aliphatic heterocycles. The lowest BCUT2D eigenvalue weighted by atomic mass is 9.49. The minimum Gasteiger partial charge on any atom is -0.465 e. The number of methoxy groups -OCH3 is 1. The average molecular weight is 474 g/mol. The van der Waals surface area contributed by atoms with E-state index in [0.717, 1.165) is 29.9 Å². The maximum absolute atomic E-state index is 14.0. The molecule has 4 bridgehead atoms. The summed E-state index contributed by atoms with van der Waals surface area (Å²) in [7, 11) is 1.17. The highest BCUT2D eigenvalue weighted by Crippen LogP contribution is 2.59. The molecule has 2 aromatic carbocycles. The largest absolute Gasteiger partial charge is 0.465 e. The van der Waals surface area contributed by atoms with E-state index in [9.17, 15) is 18.4 Å². The zero-order valence-electron chi connectivity index (χ0n) is 18.4. The highest BCUT2D eigenvalue weighted by atomic mass is 35.5. The molecule has 7 heteroatoms. The van der Waals surface area contributed by atoms with Crippen LogP contribution in [0, 0.1) is 34.8 Å². The van der Waals surface area contributed by atoms with Crippen LogP contribution in [-0.2, 0) is 4.74 Å². The number of hydrogen-bond acceptors (Lipinski definition) is 3. The molecule has 1 N–H and O–H groups in total. The summed E-state index contributed by atoms with van der Waals surface area (Å²) in [6, 6.07) is 6.34. The van der Waals surface area contributed by atoms with Gasteiger partial charge in [0.2, 0.25) is 0 Å². The van der Waals surface area contributed by atoms with E-state index in [4.69, 9.17) is 16.3 Å². The van der Waals surface area contributed by atoms with Gasteiger partial charge in [0, 0.05) is 6.54 Å². The summed E-state index contributed by atoms with van der Waals surface area (Å²) in [5.74, 6) is -1.01. The lowest BCUT2D eigenvalue weighted by molar-refractivity contribution is -0.0503. The van der Waals surface area contributed by atoms with Crippen LogP contribution in [0.15, 0.2) is 30.3 Å². The molecule has 4 fully saturated rings. The Morgan fingerprint density at radius 2 is 1.61 bits per heavy atom. The molecule has 6 rings (SSSR count). The van der Waals surface area contributed by atoms with E-state index >= 15 is 0 Å². The first-order chi connectivity index (χ1) is 15.8. The Bertz CT molecular complexity index is 1100. The first kappa shape index (κ1) is 22.3. The van der Waals surface area contributed by atoms with Crippen molar-refractivity contribution in [2.24, 2.45) is 23.2 Å². The maximum atomic E-state index is 14.0. The van der Waals surface area contributed by atoms with Crippen LogP contribution in [0.1, 0.15) is 59.2 Å². The fourth-order valence-electron chi connectivity index (χ4n) is 6.80. The van der Waals surface area contributed by atoms with Crippen LogP contribution in [0.4, 0.5) is 8.78 Å². The number of carbonyl (C=O) groups excluding carboxylic acids is 2. The quantitative estimate of drug-likeness (QED) is 0.540. The zero-order valence-corrected chi connectivity index (χ0v) is 19.2. The van der Waals surface area contributed by atoms with Crippen molar-refractivity contribution in [1.82, 2.24) is 5.32 Å². The van der Waals surface area contributed by atoms with Crippen molar-refractivity contribution < 1.29 is 23.1 Å². The topological polar surface area (TPSA) is 55.4 Å². The number of hydrogen-bond donors (Lipinski definition) is 1. The fraction of sp³-hybridized carbons (Fsp3) is 0.462. The van der Waals surface area contributed by atoms with Crippen molar-refractivity contribution in [2.45, 2.75) is 38.5 Å². The van der Waals surface area contributed by atoms with E-state index < -0.39 is 17.6 Å². The second-order valence-corrected chi connectivity index (χ2v) is 10.5. The van der Waals surface area contributed by atoms with Gasteiger partial charge >= 0.3 is 5.97 Å². The summed E-state index contributed by atoms with van der Waals surface area (Å²) in [6.45, 7) is 0.620. The molecule has 33 heavy (non-hydrogen) atoms. The Labute approximate surface area is 196 Å². The number of halogens is 3. The summed E-state index contributed by atoms with van der Waals surface area (Å²) in [5.41, 5.74) is 0.788. The van der Waals surface area contributed by atoms with E-state index in [1.165, 1.54) is 57.8 Å². The van der Waals surface area contributed by atoms with Crippen LogP contribution in [-0.4, -0.2) is 25.5 Å². The third kappa shape index (κ3) is 4.14. The molecule has 174 valence electrons. The van der Waals surface area contributed by atoms with Crippen LogP contribution in [0.25, 0.3) is 11.1 Å². The Hall–Kier alpha value is -2.47. The molecule has 0 heterocycles. The first-order valence-corrected chi connectivity index (χ1v) is 11.8. The number of esters is 1. The molecule has 0 unspecified atom stereocenters. The van der Waals surface area contributed by atoms with Crippen LogP contribution in [0.3, 0.4) is 0 Å². The number of amides is 1. The van der Waals surface area contributed by atoms with Gasteiger partial charge < -0.3 is 10.1 Å². The lowest BCUT2D eigenvalue weighted by Gasteiger charge is -2.56. The average Bonchev–Trinajstić information content (AvgIpc) is 2.78. The number of carbonyl (C=O) groups is 2. The third-order valence-corrected chi connectivity index (χ3v) is 8.11. The van der Waals surface area contributed by atoms with Gasteiger partial charge in [0.15, 0.2) is 11.6 Å². The molecular formula is C26H26ClF2NO3. The highest BCUT2D eigenvalue weighted by molar-refractivity contribution is 6.34. The van der Waals surface area contributed by atoms with Gasteiger partial charge in [0.05, 0.1) is 23.3 Å². The Morgan fingerprint density at radius 1 is 1.00 bits per heavy atom. The van der Waals surface area contributed by atoms with Crippen LogP contribution in [0.2, 0.25) is 5.02 Å². The van der Waals surface area contributed by atoms with Gasteiger partial charge in [0.25, 0.3) is 5.91 Å². The highest BCUT2D eigenvalue weighted by Gasteiger charge is 2.50. The second kappa shape index (κ2) is 8.39. The minimum absolute atomic E-state index is 0.126. The SMILES string of the molecule is COC(=O)c1cc(F)c(F)cc1-c1ccc(Cl)c(C(=O)NCC23CC4CC(CC(C4)C2)C3)c1. The number of ether oxygens (including phenoxy) is 1. The van der Waals surface area contributed by atoms with E-state index in [0.29, 0.717) is 12.1 Å². The summed E-state index contributed by atoms with van der Waals surface area (Å²) in [5, 5.41) is 3.35. The number of nitrogens with one attached hydrogen (secondary N) is 1. The summed E-state index contributed by atoms with van der Waals surface area (Å²) in [6.07, 6.45) is 7.51. The Morgan fingerprint density at radius 3 is 2.21 bits per heavy atom. The molecule has 4 nitrogen and oxygen atoms in total. The molecule has 4 aliphatic rings. The molecule has 0 atom stereocenters. The predicted octanol–water partition coefficient (Wildman–Crippen LogP) is 6.02. The van der Waals surface area contributed by atoms with Crippen molar-refractivity contribution in [3.8, 4) is 11.1 Å². The van der Waals surface area contributed by atoms with Gasteiger partial charge in [-0.3, -0.25) is 4.79 Å². The van der Waals surface area contributed by atoms with Crippen molar-refractivity contribution in [3.05, 3.63) is 58.1 Å². The monoisotopic (exact) mass is 473 g/mol. The normalized spacial score (nSPS) is 27.5. The summed E-state index contributed by atoms with van der Waals surface area (Å²) in [4.78, 5) is 25.3. The molecule has 2 aromatic rings. The summed E-state index contributed by atoms with van der Waals surface area (Å²) < 4.78 is 32.5. The van der Waals surface area contributed by atoms with Crippen LogP contribution >= 0.6 is 11.6 Å². The van der Waals surface area contributed by atoms with Gasteiger partial charge in [-0.1, -0.05) is 17.7 Å². The molecule has 0 saturated heterocycles. The first-order valence-electron chi connectivity index (χ1n) is 11.4. The Kier molecular flexibility index (Phi) is 5.68. The molecule has 4 aliphatic carbocycles. The van der Waals surface area contributed by atoms with E-state index in [-0.39, 0.29) is 33.0 Å². The van der Waals surface area contributed by atoms with Crippen LogP contribution in [0.5, 0.6) is 0 Å². The number of rotatable bonds is 5. The van der Waals surface area contributed by atoms with Crippen molar-refractivity contribution in [2.75, 3.05) is 13.7 Å². The summed E-state index contributed by atoms with van der Waals surface area (Å²) >= 11 is 6.33. The van der Waals surface area contributed by atoms with Crippen molar-refractivity contribution in [3.63, 3.8) is 0 Å². The second-order valence-electron chi connectivity index (χ2n) is 10.1. The smallest absolute Gasteiger partial charge is 0.338 e. The lowest BCUT2D eigenvalue weighted by Crippen LogP contribution is -2.51. The minimum atomic E-state index is -1.15. The van der Waals surface area contributed by atoms with E-state index in [1.54, 1.807) is 6.07 Å². The van der Waals surface area contributed by atoms with Crippen molar-refractivity contribution >= 4 is 23.5 Å². The molecule has 4 saturated carbocycles. The zero-order chi connectivity index (χ0) is 23.3. The van der Waals surface area contributed by atoms with Gasteiger partial charge in [-0.25, -0.2) is 13.6 Å². The molecule has 0 aromatic heterocycles. The predicted molar refractivity (Wildman–Crippen MR) is 121 cm³/mol. The molecule has 1 amide bonds.